The van der Waals surface area contributed by atoms with Crippen LogP contribution in [-0.4, -0.2) is 35.0 Å². The van der Waals surface area contributed by atoms with Gasteiger partial charge in [-0.1, -0.05) is 0 Å². The minimum absolute atomic E-state index is 0.0352. The van der Waals surface area contributed by atoms with Crippen molar-refractivity contribution in [2.24, 2.45) is 0 Å². The second-order valence-corrected chi connectivity index (χ2v) is 4.29. The number of aryl methyl sites for hydroxylation is 2. The fourth-order valence-electron chi connectivity index (χ4n) is 1.59. The Morgan fingerprint density at radius 2 is 2.12 bits per heavy atom. The highest BCUT2D eigenvalue weighted by atomic mass is 16.6. The van der Waals surface area contributed by atoms with E-state index in [2.05, 4.69) is 0 Å². The Morgan fingerprint density at radius 1 is 1.47 bits per heavy atom. The van der Waals surface area contributed by atoms with Gasteiger partial charge in [0, 0.05) is 18.2 Å². The largest absolute Gasteiger partial charge is 0.309 e. The highest BCUT2D eigenvalue weighted by molar-refractivity contribution is 5.30. The second-order valence-electron chi connectivity index (χ2n) is 4.29. The molecule has 0 spiro atoms. The van der Waals surface area contributed by atoms with E-state index in [1.807, 2.05) is 19.0 Å². The van der Waals surface area contributed by atoms with Crippen LogP contribution in [0.3, 0.4) is 0 Å². The standard InChI is InChI=1S/C11H17N3O3/c1-9-7-10(14(16)17)8-13(11(9)15)6-4-5-12(2)3/h7-8H,4-6H2,1-3H3. The SMILES string of the molecule is Cc1cc([N+](=O)[O-])cn(CCCN(C)C)c1=O. The van der Waals surface area contributed by atoms with Gasteiger partial charge >= 0.3 is 0 Å². The van der Waals surface area contributed by atoms with Crippen LogP contribution in [0.5, 0.6) is 0 Å². The molecule has 0 saturated carbocycles. The zero-order valence-corrected chi connectivity index (χ0v) is 10.3. The lowest BCUT2D eigenvalue weighted by Crippen LogP contribution is -2.24. The minimum Gasteiger partial charge on any atom is -0.309 e. The molecule has 0 aliphatic heterocycles. The summed E-state index contributed by atoms with van der Waals surface area (Å²) in [6, 6.07) is 1.31. The van der Waals surface area contributed by atoms with Gasteiger partial charge in [-0.05, 0) is 34.0 Å². The van der Waals surface area contributed by atoms with Crippen LogP contribution in [0.2, 0.25) is 0 Å². The summed E-state index contributed by atoms with van der Waals surface area (Å²) < 4.78 is 1.41. The lowest BCUT2D eigenvalue weighted by Gasteiger charge is -2.10. The van der Waals surface area contributed by atoms with Gasteiger partial charge in [0.05, 0.1) is 11.1 Å². The minimum atomic E-state index is -0.477. The molecule has 0 bridgehead atoms. The normalized spacial score (nSPS) is 10.8. The van der Waals surface area contributed by atoms with E-state index in [4.69, 9.17) is 0 Å². The number of hydrogen-bond acceptors (Lipinski definition) is 4. The molecule has 0 aliphatic rings. The predicted octanol–water partition coefficient (Wildman–Crippen LogP) is 1.02. The van der Waals surface area contributed by atoms with Crippen molar-refractivity contribution in [2.45, 2.75) is 19.9 Å². The van der Waals surface area contributed by atoms with Crippen molar-refractivity contribution in [3.8, 4) is 0 Å². The third-order valence-electron chi connectivity index (χ3n) is 2.47. The van der Waals surface area contributed by atoms with E-state index < -0.39 is 4.92 Å². The molecule has 0 aromatic carbocycles. The Labute approximate surface area is 99.6 Å². The molecule has 6 nitrogen and oxygen atoms in total. The maximum absolute atomic E-state index is 11.7. The first-order valence-electron chi connectivity index (χ1n) is 5.42. The van der Waals surface area contributed by atoms with E-state index in [1.165, 1.54) is 16.8 Å². The Kier molecular flexibility index (Phi) is 4.39. The third-order valence-corrected chi connectivity index (χ3v) is 2.47. The number of aromatic nitrogens is 1. The molecule has 0 atom stereocenters. The van der Waals surface area contributed by atoms with Crippen molar-refractivity contribution < 1.29 is 4.92 Å². The molecule has 0 unspecified atom stereocenters. The topological polar surface area (TPSA) is 68.4 Å². The third kappa shape index (κ3) is 3.67. The van der Waals surface area contributed by atoms with E-state index in [9.17, 15) is 14.9 Å². The quantitative estimate of drug-likeness (QED) is 0.568. The summed E-state index contributed by atoms with van der Waals surface area (Å²) in [4.78, 5) is 24.0. The zero-order chi connectivity index (χ0) is 13.0. The summed E-state index contributed by atoms with van der Waals surface area (Å²) in [5.74, 6) is 0. The van der Waals surface area contributed by atoms with E-state index >= 15 is 0 Å². The molecule has 17 heavy (non-hydrogen) atoms. The molecule has 0 N–H and O–H groups in total. The highest BCUT2D eigenvalue weighted by Crippen LogP contribution is 2.09. The van der Waals surface area contributed by atoms with Gasteiger partial charge in [-0.15, -0.1) is 0 Å². The van der Waals surface area contributed by atoms with Crippen LogP contribution in [0.4, 0.5) is 5.69 Å². The number of nitrogens with zero attached hydrogens (tertiary/aromatic N) is 3. The van der Waals surface area contributed by atoms with Gasteiger partial charge < -0.3 is 9.47 Å². The molecule has 0 fully saturated rings. The molecule has 0 aliphatic carbocycles. The highest BCUT2D eigenvalue weighted by Gasteiger charge is 2.10. The van der Waals surface area contributed by atoms with Crippen LogP contribution in [0.1, 0.15) is 12.0 Å². The zero-order valence-electron chi connectivity index (χ0n) is 10.3. The summed E-state index contributed by atoms with van der Waals surface area (Å²) in [6.07, 6.45) is 2.10. The van der Waals surface area contributed by atoms with Gasteiger partial charge in [-0.25, -0.2) is 0 Å². The van der Waals surface area contributed by atoms with Crippen molar-refractivity contribution in [1.29, 1.82) is 0 Å². The number of rotatable bonds is 5. The Bertz CT molecular complexity index is 466. The molecule has 6 heteroatoms. The molecular formula is C11H17N3O3. The van der Waals surface area contributed by atoms with Gasteiger partial charge in [0.25, 0.3) is 11.2 Å². The molecular weight excluding hydrogens is 222 g/mol. The van der Waals surface area contributed by atoms with Crippen LogP contribution in [0.15, 0.2) is 17.1 Å². The molecule has 1 rings (SSSR count). The molecule has 94 valence electrons. The van der Waals surface area contributed by atoms with Gasteiger partial charge in [0.2, 0.25) is 0 Å². The monoisotopic (exact) mass is 239 g/mol. The summed E-state index contributed by atoms with van der Waals surface area (Å²) in [5, 5.41) is 10.7. The molecule has 1 heterocycles. The Hall–Kier alpha value is -1.69. The summed E-state index contributed by atoms with van der Waals surface area (Å²) in [5.41, 5.74) is 0.213. The van der Waals surface area contributed by atoms with Gasteiger partial charge in [0.1, 0.15) is 0 Å². The van der Waals surface area contributed by atoms with Crippen molar-refractivity contribution >= 4 is 5.69 Å². The maximum Gasteiger partial charge on any atom is 0.286 e. The first kappa shape index (κ1) is 13.4. The van der Waals surface area contributed by atoms with E-state index in [0.717, 1.165) is 13.0 Å². The molecule has 0 radical (unpaired) electrons. The number of nitro groups is 1. The number of pyridine rings is 1. The average Bonchev–Trinajstić information content (AvgIpc) is 2.23. The van der Waals surface area contributed by atoms with Gasteiger partial charge in [-0.2, -0.15) is 0 Å². The van der Waals surface area contributed by atoms with Gasteiger partial charge in [0.15, 0.2) is 0 Å². The number of hydrogen-bond donors (Lipinski definition) is 0. The van der Waals surface area contributed by atoms with Crippen LogP contribution in [-0.2, 0) is 6.54 Å². The summed E-state index contributed by atoms with van der Waals surface area (Å²) >= 11 is 0. The Balaban J connectivity index is 2.90. The molecule has 0 saturated heterocycles. The first-order chi connectivity index (χ1) is 7.91. The van der Waals surface area contributed by atoms with Crippen molar-refractivity contribution in [3.63, 3.8) is 0 Å². The lowest BCUT2D eigenvalue weighted by atomic mass is 10.2. The fourth-order valence-corrected chi connectivity index (χ4v) is 1.59. The second kappa shape index (κ2) is 5.58. The lowest BCUT2D eigenvalue weighted by molar-refractivity contribution is -0.385. The Morgan fingerprint density at radius 3 is 2.65 bits per heavy atom. The average molecular weight is 239 g/mol. The maximum atomic E-state index is 11.7. The van der Waals surface area contributed by atoms with Crippen molar-refractivity contribution in [2.75, 3.05) is 20.6 Å². The first-order valence-corrected chi connectivity index (χ1v) is 5.42. The van der Waals surface area contributed by atoms with Gasteiger partial charge in [-0.3, -0.25) is 14.9 Å². The van der Waals surface area contributed by atoms with Crippen LogP contribution in [0, 0.1) is 17.0 Å². The summed E-state index contributed by atoms with van der Waals surface area (Å²) in [7, 11) is 3.89. The predicted molar refractivity (Wildman–Crippen MR) is 65.3 cm³/mol. The van der Waals surface area contributed by atoms with Crippen LogP contribution in [0.25, 0.3) is 0 Å². The molecule has 1 aromatic heterocycles. The molecule has 1 aromatic rings. The van der Waals surface area contributed by atoms with E-state index in [-0.39, 0.29) is 11.2 Å². The van der Waals surface area contributed by atoms with E-state index in [1.54, 1.807) is 6.92 Å². The summed E-state index contributed by atoms with van der Waals surface area (Å²) in [6.45, 7) is 2.94. The van der Waals surface area contributed by atoms with Crippen molar-refractivity contribution in [1.82, 2.24) is 9.47 Å². The van der Waals surface area contributed by atoms with Crippen molar-refractivity contribution in [3.05, 3.63) is 38.3 Å². The smallest absolute Gasteiger partial charge is 0.286 e. The van der Waals surface area contributed by atoms with E-state index in [0.29, 0.717) is 12.1 Å². The van der Waals surface area contributed by atoms with Crippen LogP contribution < -0.4 is 5.56 Å². The molecule has 0 amide bonds. The van der Waals surface area contributed by atoms with Crippen LogP contribution >= 0.6 is 0 Å². The fraction of sp³-hybridized carbons (Fsp3) is 0.545.